The van der Waals surface area contributed by atoms with Gasteiger partial charge in [0.05, 0.1) is 29.8 Å². The van der Waals surface area contributed by atoms with E-state index in [0.29, 0.717) is 52.5 Å². The van der Waals surface area contributed by atoms with Gasteiger partial charge >= 0.3 is 0 Å². The molecule has 36 heavy (non-hydrogen) atoms. The number of imidazole rings is 1. The Kier molecular flexibility index (Phi) is 6.98. The van der Waals surface area contributed by atoms with Gasteiger partial charge in [0.25, 0.3) is 6.01 Å². The molecule has 2 aliphatic heterocycles. The number of halogens is 2. The topological polar surface area (TPSA) is 131 Å². The molecule has 1 unspecified atom stereocenters. The van der Waals surface area contributed by atoms with Crippen LogP contribution in [0.25, 0.3) is 11.2 Å². The third kappa shape index (κ3) is 4.47. The van der Waals surface area contributed by atoms with Crippen molar-refractivity contribution in [2.45, 2.75) is 57.1 Å². The van der Waals surface area contributed by atoms with Crippen LogP contribution in [0.1, 0.15) is 37.4 Å². The van der Waals surface area contributed by atoms with Crippen LogP contribution in [0, 0.1) is 5.82 Å². The number of amides is 1. The van der Waals surface area contributed by atoms with Crippen molar-refractivity contribution in [2.24, 2.45) is 0 Å². The number of aliphatic hydroxyl groups excluding tert-OH is 1. The molecular weight excluding hydrogens is 493 g/mol. The van der Waals surface area contributed by atoms with E-state index in [1.807, 2.05) is 13.8 Å². The maximum atomic E-state index is 14.8. The molecule has 0 radical (unpaired) electrons. The van der Waals surface area contributed by atoms with E-state index in [4.69, 9.17) is 25.8 Å². The number of rotatable bonds is 6. The molecule has 12 heteroatoms. The third-order valence-corrected chi connectivity index (χ3v) is 6.74. The number of nitrogens with one attached hydrogen (secondary N) is 3. The Morgan fingerprint density at radius 1 is 1.22 bits per heavy atom. The lowest BCUT2D eigenvalue weighted by atomic mass is 10.1. The number of aryl methyl sites for hydroxylation is 1. The molecule has 192 valence electrons. The molecule has 1 aliphatic carbocycles. The summed E-state index contributed by atoms with van der Waals surface area (Å²) in [6.45, 7) is 4.49. The molecule has 10 nitrogen and oxygen atoms in total. The number of aliphatic hydroxyl groups is 1. The summed E-state index contributed by atoms with van der Waals surface area (Å²) in [6.07, 6.45) is -0.0170. The number of carbonyl (C=O) groups is 1. The van der Waals surface area contributed by atoms with Crippen molar-refractivity contribution >= 4 is 40.7 Å². The highest BCUT2D eigenvalue weighted by atomic mass is 35.5. The maximum absolute atomic E-state index is 14.8. The van der Waals surface area contributed by atoms with Crippen molar-refractivity contribution in [1.82, 2.24) is 15.0 Å². The SMILES string of the molecule is CC.O=CNc1cc(F)c2c(c1)CCC2Nc1nc2nc(O[C@@H]3CO[C@H]4[C@@H]3OC[C@H]4O)[nH]c2cc1Cl. The summed E-state index contributed by atoms with van der Waals surface area (Å²) in [5.74, 6) is -0.0214. The van der Waals surface area contributed by atoms with Crippen LogP contribution in [-0.4, -0.2) is 64.1 Å². The first-order chi connectivity index (χ1) is 17.5. The molecule has 0 spiro atoms. The van der Waals surface area contributed by atoms with Crippen molar-refractivity contribution in [3.05, 3.63) is 40.2 Å². The first-order valence-corrected chi connectivity index (χ1v) is 12.3. The lowest BCUT2D eigenvalue weighted by Gasteiger charge is -2.17. The van der Waals surface area contributed by atoms with Crippen molar-refractivity contribution < 1.29 is 28.5 Å². The van der Waals surface area contributed by atoms with Crippen LogP contribution in [0.2, 0.25) is 5.02 Å². The van der Waals surface area contributed by atoms with Gasteiger partial charge in [-0.1, -0.05) is 25.4 Å². The fourth-order valence-corrected chi connectivity index (χ4v) is 5.12. The van der Waals surface area contributed by atoms with Crippen LogP contribution in [0.5, 0.6) is 6.01 Å². The van der Waals surface area contributed by atoms with Crippen LogP contribution >= 0.6 is 11.6 Å². The second kappa shape index (κ2) is 10.2. The summed E-state index contributed by atoms with van der Waals surface area (Å²) in [4.78, 5) is 22.6. The molecule has 2 aromatic heterocycles. The minimum Gasteiger partial charge on any atom is -0.456 e. The molecule has 3 aromatic rings. The molecule has 3 aliphatic rings. The van der Waals surface area contributed by atoms with Crippen molar-refractivity contribution in [2.75, 3.05) is 23.8 Å². The third-order valence-electron chi connectivity index (χ3n) is 6.45. The average molecular weight is 520 g/mol. The number of anilines is 2. The molecule has 6 rings (SSSR count). The van der Waals surface area contributed by atoms with Gasteiger partial charge < -0.3 is 34.9 Å². The van der Waals surface area contributed by atoms with Crippen LogP contribution in [0.4, 0.5) is 15.9 Å². The normalized spacial score (nSPS) is 26.2. The van der Waals surface area contributed by atoms with Crippen molar-refractivity contribution in [1.29, 1.82) is 0 Å². The van der Waals surface area contributed by atoms with Crippen LogP contribution in [0.15, 0.2) is 18.2 Å². The minimum atomic E-state index is -0.665. The number of hydrogen-bond donors (Lipinski definition) is 4. The largest absolute Gasteiger partial charge is 0.456 e. The molecule has 4 heterocycles. The summed E-state index contributed by atoms with van der Waals surface area (Å²) < 4.78 is 31.9. The van der Waals surface area contributed by atoms with Crippen LogP contribution in [0.3, 0.4) is 0 Å². The first-order valence-electron chi connectivity index (χ1n) is 11.9. The van der Waals surface area contributed by atoms with E-state index in [2.05, 4.69) is 25.6 Å². The number of benzene rings is 1. The molecule has 5 atom stereocenters. The molecule has 1 amide bonds. The van der Waals surface area contributed by atoms with Gasteiger partial charge in [-0.05, 0) is 36.6 Å². The van der Waals surface area contributed by atoms with E-state index >= 15 is 0 Å². The fourth-order valence-electron chi connectivity index (χ4n) is 4.92. The Bertz CT molecular complexity index is 1270. The Labute approximate surface area is 211 Å². The van der Waals surface area contributed by atoms with Gasteiger partial charge in [-0.3, -0.25) is 4.79 Å². The van der Waals surface area contributed by atoms with Crippen LogP contribution < -0.4 is 15.4 Å². The van der Waals surface area contributed by atoms with Gasteiger partial charge in [-0.2, -0.15) is 4.98 Å². The van der Waals surface area contributed by atoms with E-state index in [1.165, 1.54) is 6.07 Å². The van der Waals surface area contributed by atoms with Gasteiger partial charge in [0.2, 0.25) is 6.41 Å². The lowest BCUT2D eigenvalue weighted by Crippen LogP contribution is -2.34. The zero-order chi connectivity index (χ0) is 25.4. The maximum Gasteiger partial charge on any atom is 0.296 e. The van der Waals surface area contributed by atoms with E-state index < -0.39 is 24.1 Å². The highest BCUT2D eigenvalue weighted by molar-refractivity contribution is 6.33. The van der Waals surface area contributed by atoms with E-state index in [0.717, 1.165) is 5.56 Å². The number of hydrogen-bond acceptors (Lipinski definition) is 8. The second-order valence-corrected chi connectivity index (χ2v) is 8.99. The Balaban J connectivity index is 0.00000130. The highest BCUT2D eigenvalue weighted by Crippen LogP contribution is 2.39. The number of fused-ring (bicyclic) bond motifs is 3. The van der Waals surface area contributed by atoms with E-state index in [9.17, 15) is 14.3 Å². The molecule has 0 saturated carbocycles. The molecule has 4 N–H and O–H groups in total. The highest BCUT2D eigenvalue weighted by Gasteiger charge is 2.48. The second-order valence-electron chi connectivity index (χ2n) is 8.58. The number of ether oxygens (including phenoxy) is 3. The smallest absolute Gasteiger partial charge is 0.296 e. The van der Waals surface area contributed by atoms with E-state index in [-0.39, 0.29) is 31.4 Å². The fraction of sp³-hybridized carbons (Fsp3) is 0.458. The lowest BCUT2D eigenvalue weighted by molar-refractivity contribution is -0.105. The zero-order valence-corrected chi connectivity index (χ0v) is 20.5. The molecular formula is C24H27ClFN5O5. The predicted molar refractivity (Wildman–Crippen MR) is 131 cm³/mol. The summed E-state index contributed by atoms with van der Waals surface area (Å²) in [5, 5.41) is 16.0. The number of carbonyl (C=O) groups excluding carboxylic acids is 1. The van der Waals surface area contributed by atoms with E-state index in [1.54, 1.807) is 12.1 Å². The Morgan fingerprint density at radius 3 is 2.83 bits per heavy atom. The summed E-state index contributed by atoms with van der Waals surface area (Å²) in [7, 11) is 0. The minimum absolute atomic E-state index is 0.210. The van der Waals surface area contributed by atoms with Gasteiger partial charge in [0, 0.05) is 11.3 Å². The average Bonchev–Trinajstić information content (AvgIpc) is 3.62. The summed E-state index contributed by atoms with van der Waals surface area (Å²) in [5.41, 5.74) is 2.75. The van der Waals surface area contributed by atoms with Crippen LogP contribution in [-0.2, 0) is 20.7 Å². The standard InChI is InChI=1S/C22H21ClFN5O5.C2H6/c23-11-5-14-21(29-22(27-14)34-16-7-33-18-15(31)6-32-19(16)18)28-20(11)26-13-2-1-9-3-10(25-8-30)4-12(24)17(9)13;1-2/h3-5,8,13,15-16,18-19,31H,1-2,6-7H2,(H,25,30)(H2,26,27,28,29);1-2H3/t13?,15-,16-,18-,19-;/m1./s1. The number of aromatic amines is 1. The van der Waals surface area contributed by atoms with Gasteiger partial charge in [0.1, 0.15) is 29.9 Å². The van der Waals surface area contributed by atoms with Gasteiger partial charge in [0.15, 0.2) is 11.8 Å². The quantitative estimate of drug-likeness (QED) is 0.365. The zero-order valence-electron chi connectivity index (χ0n) is 19.8. The number of nitrogens with zero attached hydrogens (tertiary/aromatic N) is 2. The summed E-state index contributed by atoms with van der Waals surface area (Å²) >= 11 is 6.46. The Morgan fingerprint density at radius 2 is 2.03 bits per heavy atom. The monoisotopic (exact) mass is 519 g/mol. The first kappa shape index (κ1) is 24.7. The molecule has 0 bridgehead atoms. The number of H-pyrrole nitrogens is 1. The van der Waals surface area contributed by atoms with Gasteiger partial charge in [-0.25, -0.2) is 9.37 Å². The molecule has 1 aromatic carbocycles. The van der Waals surface area contributed by atoms with Crippen molar-refractivity contribution in [3.8, 4) is 6.01 Å². The molecule has 2 saturated heterocycles. The number of pyridine rings is 1. The van der Waals surface area contributed by atoms with Crippen molar-refractivity contribution in [3.63, 3.8) is 0 Å². The summed E-state index contributed by atoms with van der Waals surface area (Å²) in [6, 6.07) is 4.67. The Hall–Kier alpha value is -2.99. The molecule has 2 fully saturated rings. The predicted octanol–water partition coefficient (Wildman–Crippen LogP) is 3.35. The number of aromatic nitrogens is 3. The van der Waals surface area contributed by atoms with Gasteiger partial charge in [-0.15, -0.1) is 0 Å².